The van der Waals surface area contributed by atoms with Crippen LogP contribution < -0.4 is 20.1 Å². The summed E-state index contributed by atoms with van der Waals surface area (Å²) < 4.78 is 11.0. The van der Waals surface area contributed by atoms with E-state index >= 15 is 0 Å². The molecule has 1 aromatic carbocycles. The fourth-order valence-corrected chi connectivity index (χ4v) is 3.86. The van der Waals surface area contributed by atoms with E-state index in [-0.39, 0.29) is 29.9 Å². The van der Waals surface area contributed by atoms with Gasteiger partial charge in [-0.2, -0.15) is 0 Å². The van der Waals surface area contributed by atoms with Crippen molar-refractivity contribution in [3.63, 3.8) is 0 Å². The Labute approximate surface area is 215 Å². The molecule has 1 amide bonds. The highest BCUT2D eigenvalue weighted by molar-refractivity contribution is 14.0. The highest BCUT2D eigenvalue weighted by atomic mass is 127. The number of nitrogens with zero attached hydrogens (tertiary/aromatic N) is 3. The van der Waals surface area contributed by atoms with Crippen LogP contribution in [0, 0.1) is 0 Å². The second-order valence-corrected chi connectivity index (χ2v) is 8.36. The molecule has 0 unspecified atom stereocenters. The van der Waals surface area contributed by atoms with Crippen LogP contribution in [0.1, 0.15) is 38.7 Å². The predicted octanol–water partition coefficient (Wildman–Crippen LogP) is 2.51. The molecule has 0 spiro atoms. The van der Waals surface area contributed by atoms with Gasteiger partial charge >= 0.3 is 0 Å². The Morgan fingerprint density at radius 1 is 1.15 bits per heavy atom. The van der Waals surface area contributed by atoms with Gasteiger partial charge in [-0.15, -0.1) is 24.0 Å². The summed E-state index contributed by atoms with van der Waals surface area (Å²) in [5.74, 6) is 2.70. The summed E-state index contributed by atoms with van der Waals surface area (Å²) in [6, 6.07) is 6.56. The van der Waals surface area contributed by atoms with Crippen molar-refractivity contribution in [2.45, 2.75) is 45.6 Å². The lowest BCUT2D eigenvalue weighted by Crippen LogP contribution is -2.54. The van der Waals surface area contributed by atoms with Crippen molar-refractivity contribution in [1.82, 2.24) is 20.4 Å². The fraction of sp³-hybridized carbons (Fsp3) is 0.667. The van der Waals surface area contributed by atoms with Crippen molar-refractivity contribution < 1.29 is 14.3 Å². The lowest BCUT2D eigenvalue weighted by Gasteiger charge is -2.36. The van der Waals surface area contributed by atoms with Crippen LogP contribution in [-0.4, -0.2) is 87.2 Å². The lowest BCUT2D eigenvalue weighted by molar-refractivity contribution is -0.122. The molecule has 0 atom stereocenters. The highest BCUT2D eigenvalue weighted by Gasteiger charge is 2.25. The summed E-state index contributed by atoms with van der Waals surface area (Å²) in [6.45, 7) is 10.4. The first-order valence-corrected chi connectivity index (χ1v) is 12.0. The zero-order valence-electron chi connectivity index (χ0n) is 20.3. The molecule has 1 aromatic rings. The molecule has 2 fully saturated rings. The fourth-order valence-electron chi connectivity index (χ4n) is 3.86. The molecular weight excluding hydrogens is 533 g/mol. The van der Waals surface area contributed by atoms with E-state index in [0.29, 0.717) is 19.2 Å². The number of amides is 1. The number of guanidine groups is 1. The van der Waals surface area contributed by atoms with Crippen molar-refractivity contribution in [2.75, 3.05) is 59.5 Å². The Balaban J connectivity index is 0.00000385. The van der Waals surface area contributed by atoms with Gasteiger partial charge in [0.25, 0.3) is 0 Å². The second kappa shape index (κ2) is 14.5. The molecule has 33 heavy (non-hydrogen) atoms. The molecule has 1 saturated carbocycles. The van der Waals surface area contributed by atoms with Gasteiger partial charge in [-0.1, -0.05) is 6.07 Å². The summed E-state index contributed by atoms with van der Waals surface area (Å²) in [5.41, 5.74) is 1.23. The molecular formula is C24H40IN5O3. The molecule has 3 rings (SSSR count). The number of ether oxygens (including phenoxy) is 2. The molecule has 0 radical (unpaired) electrons. The zero-order chi connectivity index (χ0) is 22.8. The van der Waals surface area contributed by atoms with Gasteiger partial charge in [-0.3, -0.25) is 14.7 Å². The van der Waals surface area contributed by atoms with E-state index in [2.05, 4.69) is 39.5 Å². The largest absolute Gasteiger partial charge is 0.493 e. The van der Waals surface area contributed by atoms with Crippen LogP contribution in [0.5, 0.6) is 11.5 Å². The Morgan fingerprint density at radius 2 is 1.91 bits per heavy atom. The molecule has 186 valence electrons. The third-order valence-corrected chi connectivity index (χ3v) is 5.73. The molecule has 9 heteroatoms. The standard InChI is InChI=1S/C24H39N5O3.HI/c1-4-25-24(29-15-13-28(14-16-29)18-23(30)27-20-9-10-20)26-12-6-7-19-8-11-21(31-3)22(17-19)32-5-2;/h8,11,17,20H,4-7,9-10,12-16,18H2,1-3H3,(H,25,26)(H,27,30);1H. The third-order valence-electron chi connectivity index (χ3n) is 5.73. The monoisotopic (exact) mass is 573 g/mol. The minimum atomic E-state index is 0. The van der Waals surface area contributed by atoms with Gasteiger partial charge in [0.05, 0.1) is 20.3 Å². The molecule has 1 saturated heterocycles. The molecule has 1 heterocycles. The maximum absolute atomic E-state index is 12.0. The highest BCUT2D eigenvalue weighted by Crippen LogP contribution is 2.28. The SMILES string of the molecule is CCNC(=NCCCc1ccc(OC)c(OCC)c1)N1CCN(CC(=O)NC2CC2)CC1.I. The first kappa shape index (κ1) is 27.5. The van der Waals surface area contributed by atoms with Crippen LogP contribution in [0.25, 0.3) is 0 Å². The van der Waals surface area contributed by atoms with E-state index in [4.69, 9.17) is 14.5 Å². The number of benzene rings is 1. The van der Waals surface area contributed by atoms with Crippen LogP contribution in [0.4, 0.5) is 0 Å². The normalized spacial score (nSPS) is 16.7. The number of carbonyl (C=O) groups is 1. The van der Waals surface area contributed by atoms with Gasteiger partial charge in [-0.05, 0) is 57.2 Å². The van der Waals surface area contributed by atoms with Crippen molar-refractivity contribution >= 4 is 35.8 Å². The van der Waals surface area contributed by atoms with Gasteiger partial charge in [0, 0.05) is 45.3 Å². The van der Waals surface area contributed by atoms with Crippen molar-refractivity contribution in [2.24, 2.45) is 4.99 Å². The predicted molar refractivity (Wildman–Crippen MR) is 143 cm³/mol. The van der Waals surface area contributed by atoms with Gasteiger partial charge in [0.15, 0.2) is 17.5 Å². The maximum Gasteiger partial charge on any atom is 0.234 e. The number of hydrogen-bond acceptors (Lipinski definition) is 5. The van der Waals surface area contributed by atoms with Crippen molar-refractivity contribution in [1.29, 1.82) is 0 Å². The Hall–Kier alpha value is -1.75. The molecule has 8 nitrogen and oxygen atoms in total. The Morgan fingerprint density at radius 3 is 2.55 bits per heavy atom. The average Bonchev–Trinajstić information content (AvgIpc) is 3.61. The van der Waals surface area contributed by atoms with Crippen LogP contribution in [0.3, 0.4) is 0 Å². The average molecular weight is 574 g/mol. The number of rotatable bonds is 11. The van der Waals surface area contributed by atoms with Gasteiger partial charge in [0.1, 0.15) is 0 Å². The summed E-state index contributed by atoms with van der Waals surface area (Å²) in [4.78, 5) is 21.4. The van der Waals surface area contributed by atoms with Crippen LogP contribution >= 0.6 is 24.0 Å². The minimum absolute atomic E-state index is 0. The van der Waals surface area contributed by atoms with Gasteiger partial charge in [-0.25, -0.2) is 0 Å². The molecule has 1 aliphatic carbocycles. The van der Waals surface area contributed by atoms with E-state index in [9.17, 15) is 4.79 Å². The number of methoxy groups -OCH3 is 1. The summed E-state index contributed by atoms with van der Waals surface area (Å²) in [7, 11) is 1.66. The van der Waals surface area contributed by atoms with Gasteiger partial charge in [0.2, 0.25) is 5.91 Å². The summed E-state index contributed by atoms with van der Waals surface area (Å²) in [6.07, 6.45) is 4.17. The van der Waals surface area contributed by atoms with Crippen molar-refractivity contribution in [3.8, 4) is 11.5 Å². The summed E-state index contributed by atoms with van der Waals surface area (Å²) in [5, 5.41) is 6.50. The molecule has 0 aromatic heterocycles. The number of piperazine rings is 1. The maximum atomic E-state index is 12.0. The van der Waals surface area contributed by atoms with E-state index in [1.807, 2.05) is 13.0 Å². The van der Waals surface area contributed by atoms with Crippen molar-refractivity contribution in [3.05, 3.63) is 23.8 Å². The zero-order valence-corrected chi connectivity index (χ0v) is 22.6. The number of carbonyl (C=O) groups excluding carboxylic acids is 1. The number of halogens is 1. The van der Waals surface area contributed by atoms with Crippen LogP contribution in [0.15, 0.2) is 23.2 Å². The number of nitrogens with one attached hydrogen (secondary N) is 2. The smallest absolute Gasteiger partial charge is 0.234 e. The molecule has 0 bridgehead atoms. The van der Waals surface area contributed by atoms with Crippen LogP contribution in [-0.2, 0) is 11.2 Å². The van der Waals surface area contributed by atoms with Crippen LogP contribution in [0.2, 0.25) is 0 Å². The second-order valence-electron chi connectivity index (χ2n) is 8.36. The van der Waals surface area contributed by atoms with E-state index in [1.54, 1.807) is 7.11 Å². The first-order chi connectivity index (χ1) is 15.6. The number of hydrogen-bond donors (Lipinski definition) is 2. The number of aryl methyl sites for hydroxylation is 1. The topological polar surface area (TPSA) is 78.4 Å². The van der Waals surface area contributed by atoms with Gasteiger partial charge < -0.3 is 25.0 Å². The molecule has 2 aliphatic rings. The van der Waals surface area contributed by atoms with E-state index in [0.717, 1.165) is 82.4 Å². The first-order valence-electron chi connectivity index (χ1n) is 12.0. The van der Waals surface area contributed by atoms with E-state index in [1.165, 1.54) is 5.56 Å². The number of aliphatic imine (C=N–C) groups is 1. The quantitative estimate of drug-likeness (QED) is 0.184. The third kappa shape index (κ3) is 9.19. The lowest BCUT2D eigenvalue weighted by atomic mass is 10.1. The Kier molecular flexibility index (Phi) is 12.1. The summed E-state index contributed by atoms with van der Waals surface area (Å²) >= 11 is 0. The Bertz CT molecular complexity index is 764. The molecule has 2 N–H and O–H groups in total. The van der Waals surface area contributed by atoms with E-state index < -0.39 is 0 Å². The molecule has 1 aliphatic heterocycles. The minimum Gasteiger partial charge on any atom is -0.493 e.